The van der Waals surface area contributed by atoms with Gasteiger partial charge in [0.05, 0.1) is 22.5 Å². The quantitative estimate of drug-likeness (QED) is 0.0417. The van der Waals surface area contributed by atoms with Gasteiger partial charge in [-0.25, -0.2) is 20.5 Å². The molecular formula is C104H83Ir3N5O9P3S-3. The number of benzene rings is 14. The van der Waals surface area contributed by atoms with Gasteiger partial charge in [0.25, 0.3) is 0 Å². The fraction of sp³-hybridized carbons (Fsp3) is 0.0673. The first-order valence-corrected chi connectivity index (χ1v) is 45.2. The maximum atomic E-state index is 15.7. The van der Waals surface area contributed by atoms with Crippen molar-refractivity contribution in [3.63, 3.8) is 0 Å². The van der Waals surface area contributed by atoms with Crippen LogP contribution < -0.4 is 43.8 Å². The molecule has 0 aliphatic carbocycles. The molecule has 629 valence electrons. The van der Waals surface area contributed by atoms with Crippen LogP contribution in [0, 0.1) is 18.2 Å². The van der Waals surface area contributed by atoms with Gasteiger partial charge in [-0.2, -0.15) is 12.1 Å². The maximum Gasteiger partial charge on any atom is 0.444 e. The van der Waals surface area contributed by atoms with Gasteiger partial charge in [0, 0.05) is 135 Å². The first-order valence-electron chi connectivity index (χ1n) is 39.7. The number of thiophene rings is 1. The normalized spacial score (nSPS) is 11.7. The molecule has 0 amide bonds. The zero-order valence-electron chi connectivity index (χ0n) is 68.4. The number of fused-ring (bicyclic) bond motifs is 3. The first kappa shape index (κ1) is 91.1. The number of hydrogen-bond acceptors (Lipinski definition) is 15. The second-order valence-electron chi connectivity index (χ2n) is 29.6. The monoisotopic (exact) mass is 2250 g/mol. The fourth-order valence-corrected chi connectivity index (χ4v) is 20.1. The van der Waals surface area contributed by atoms with Crippen LogP contribution in [0.5, 0.6) is 23.0 Å². The summed E-state index contributed by atoms with van der Waals surface area (Å²) in [7, 11) is -11.5. The molecule has 14 nitrogen and oxygen atoms in total. The van der Waals surface area contributed by atoms with Crippen molar-refractivity contribution >= 4 is 117 Å². The van der Waals surface area contributed by atoms with Gasteiger partial charge in [-0.05, 0) is 182 Å². The van der Waals surface area contributed by atoms with E-state index in [1.807, 2.05) is 314 Å². The Morgan fingerprint density at radius 3 is 1.26 bits per heavy atom. The molecule has 0 saturated carbocycles. The van der Waals surface area contributed by atoms with E-state index in [9.17, 15) is 9.13 Å². The average Bonchev–Trinajstić information content (AvgIpc) is 1.60. The van der Waals surface area contributed by atoms with Crippen molar-refractivity contribution < 1.29 is 101 Å². The van der Waals surface area contributed by atoms with Crippen LogP contribution in [-0.4, -0.2) is 26.7 Å². The molecule has 0 aliphatic heterocycles. The molecule has 4 aromatic heterocycles. The summed E-state index contributed by atoms with van der Waals surface area (Å²) in [6.45, 7) is 9.35. The van der Waals surface area contributed by atoms with Crippen molar-refractivity contribution in [1.29, 1.82) is 0 Å². The third-order valence-electron chi connectivity index (χ3n) is 19.2. The van der Waals surface area contributed by atoms with Crippen molar-refractivity contribution in [3.05, 3.63) is 425 Å². The largest absolute Gasteiger partial charge is 0.444 e. The summed E-state index contributed by atoms with van der Waals surface area (Å²) in [5, 5.41) is 6.32. The molecule has 125 heavy (non-hydrogen) atoms. The molecule has 18 rings (SSSR count). The van der Waals surface area contributed by atoms with Crippen LogP contribution in [-0.2, 0) is 83.1 Å². The van der Waals surface area contributed by atoms with Gasteiger partial charge in [-0.1, -0.05) is 246 Å². The minimum Gasteiger partial charge on any atom is -0.419 e. The van der Waals surface area contributed by atoms with Crippen molar-refractivity contribution in [1.82, 2.24) is 15.0 Å². The Morgan fingerprint density at radius 1 is 0.360 bits per heavy atom. The number of para-hydroxylation sites is 6. The Bertz CT molecular complexity index is 6500. The molecule has 0 spiro atoms. The fourth-order valence-electron chi connectivity index (χ4n) is 13.7. The van der Waals surface area contributed by atoms with Gasteiger partial charge in [0.1, 0.15) is 23.0 Å². The number of aromatic nitrogens is 3. The van der Waals surface area contributed by atoms with Crippen LogP contribution in [0.15, 0.2) is 407 Å². The Morgan fingerprint density at radius 2 is 0.784 bits per heavy atom. The summed E-state index contributed by atoms with van der Waals surface area (Å²) in [4.78, 5) is 20.5. The Hall–Kier alpha value is -11.6. The van der Waals surface area contributed by atoms with Crippen LogP contribution in [0.4, 0.5) is 34.1 Å². The molecule has 3 radical (unpaired) electrons. The van der Waals surface area contributed by atoms with E-state index >= 15 is 4.57 Å². The molecule has 1 atom stereocenters. The predicted molar refractivity (Wildman–Crippen MR) is 498 cm³/mol. The molecule has 14 aromatic carbocycles. The Labute approximate surface area is 773 Å². The van der Waals surface area contributed by atoms with Crippen molar-refractivity contribution in [2.45, 2.75) is 46.3 Å². The minimum atomic E-state index is -4.18. The minimum absolute atomic E-state index is 0. The Kier molecular flexibility index (Phi) is 30.5. The summed E-state index contributed by atoms with van der Waals surface area (Å²) in [5.74, 6) is 1.68. The van der Waals surface area contributed by atoms with Crippen LogP contribution in [0.1, 0.15) is 34.6 Å². The maximum absolute atomic E-state index is 15.7. The number of anilines is 6. The smallest absolute Gasteiger partial charge is 0.419 e. The SMILES string of the molecule is CC(C)OP(=O)(OC(C)(C)C)c1cccc2nc(-c3[c-]cc(-c4ccccc4)s3)ccc12.O=P(Oc1cccc(N(c2ccccc2)c2ccccc2)c1)(Oc1cccc(N(c2ccccc2)c2ccccc2)c1)c1cc[c-]c(-c2cc3ccccc3cn2)c1.O=P(Oc1ccccc1)(Oc1ccccc1)c1c[c-]c(-c2cc3ccccc3cn2)cc1.[Ir].[Ir].[Ir]. The van der Waals surface area contributed by atoms with E-state index in [0.717, 1.165) is 98.8 Å². The van der Waals surface area contributed by atoms with Crippen LogP contribution in [0.25, 0.3) is 76.0 Å². The number of hydrogen-bond donors (Lipinski definition) is 0. The average molecular weight is 2250 g/mol. The van der Waals surface area contributed by atoms with Crippen molar-refractivity contribution in [2.24, 2.45) is 0 Å². The molecule has 0 saturated heterocycles. The van der Waals surface area contributed by atoms with E-state index in [2.05, 4.69) is 93.6 Å². The van der Waals surface area contributed by atoms with Gasteiger partial charge in [-0.15, -0.1) is 59.7 Å². The zero-order chi connectivity index (χ0) is 83.9. The van der Waals surface area contributed by atoms with Crippen LogP contribution in [0.2, 0.25) is 0 Å². The van der Waals surface area contributed by atoms with Gasteiger partial charge in [0.15, 0.2) is 0 Å². The van der Waals surface area contributed by atoms with Crippen molar-refractivity contribution in [3.8, 4) is 66.5 Å². The third-order valence-corrected chi connectivity index (χ3v) is 26.4. The molecule has 0 fully saturated rings. The second-order valence-corrected chi connectivity index (χ2v) is 36.3. The third kappa shape index (κ3) is 22.7. The molecule has 4 heterocycles. The van der Waals surface area contributed by atoms with E-state index in [1.54, 1.807) is 78.1 Å². The van der Waals surface area contributed by atoms with E-state index in [4.69, 9.17) is 37.1 Å². The summed E-state index contributed by atoms with van der Waals surface area (Å²) in [5.41, 5.74) is 10.6. The molecular weight excluding hydrogens is 2160 g/mol. The summed E-state index contributed by atoms with van der Waals surface area (Å²) >= 11 is 1.65. The van der Waals surface area contributed by atoms with E-state index < -0.39 is 28.4 Å². The molecule has 0 N–H and O–H groups in total. The summed E-state index contributed by atoms with van der Waals surface area (Å²) < 4.78 is 80.4. The number of nitrogens with zero attached hydrogens (tertiary/aromatic N) is 5. The Balaban J connectivity index is 0.000000171. The van der Waals surface area contributed by atoms with Crippen molar-refractivity contribution in [2.75, 3.05) is 9.80 Å². The van der Waals surface area contributed by atoms with Gasteiger partial charge in [-0.3, -0.25) is 9.09 Å². The number of rotatable bonds is 24. The molecule has 1 unspecified atom stereocenters. The summed E-state index contributed by atoms with van der Waals surface area (Å²) in [6, 6.07) is 136. The van der Waals surface area contributed by atoms with Crippen LogP contribution in [0.3, 0.4) is 0 Å². The zero-order valence-corrected chi connectivity index (χ0v) is 79.1. The van der Waals surface area contributed by atoms with Crippen LogP contribution >= 0.6 is 34.1 Å². The molecule has 0 bridgehead atoms. The predicted octanol–water partition coefficient (Wildman–Crippen LogP) is 27.8. The van der Waals surface area contributed by atoms with E-state index in [-0.39, 0.29) is 66.4 Å². The van der Waals surface area contributed by atoms with E-state index in [1.165, 1.54) is 0 Å². The first-order chi connectivity index (χ1) is 59.4. The molecule has 18 aromatic rings. The van der Waals surface area contributed by atoms with Gasteiger partial charge >= 0.3 is 22.8 Å². The standard InChI is InChI=1S/C51H37N3O3P.C27H19NO3P.C26H27NO3PS.3Ir/c55-58(50-33-15-20-40(34-50)51-35-39-18-13-14-19-41(39)38-52-51,56-48-31-16-29-46(36-48)53(42-21-5-1-6-22-42)43-23-7-2-8-24-43)57-49-32-17-30-47(37-49)54(44-25-9-3-10-26-44)45-27-11-4-12-28-45;29-32(30-24-11-3-1-4-12-24,31-25-13-5-2-6-14-25)26-17-15-21(16-18-26)27-19-22-9-7-8-10-23(22)20-28-27;1-18(2)29-31(28,30-26(3,4)5)23-13-9-12-21-20(23)14-15-22(27-21)25-17-16-24(32-25)19-10-7-6-8-11-19;;;/h1-19,21-38H;1-15,17-20H;6-16,18H,1-5H3;;;/q3*-1;;;. The van der Waals surface area contributed by atoms with E-state index in [0.29, 0.717) is 50.2 Å². The topological polar surface area (TPSA) is 152 Å². The molecule has 0 aliphatic rings. The van der Waals surface area contributed by atoms with Gasteiger partial charge < -0.3 is 47.4 Å². The van der Waals surface area contributed by atoms with Gasteiger partial charge in [0.2, 0.25) is 0 Å². The molecule has 21 heteroatoms. The summed E-state index contributed by atoms with van der Waals surface area (Å²) in [6.07, 6.45) is 3.43. The number of pyridine rings is 3. The second kappa shape index (κ2) is 41.9.